The third kappa shape index (κ3) is 2.93. The predicted octanol–water partition coefficient (Wildman–Crippen LogP) is 2.99. The van der Waals surface area contributed by atoms with Crippen LogP contribution in [0.5, 0.6) is 5.75 Å². The van der Waals surface area contributed by atoms with Gasteiger partial charge in [0.05, 0.1) is 0 Å². The molecule has 0 atom stereocenters. The Hall–Kier alpha value is -2.82. The maximum atomic E-state index is 12.8. The van der Waals surface area contributed by atoms with E-state index in [9.17, 15) is 14.3 Å². The molecule has 0 bridgehead atoms. The zero-order valence-electron chi connectivity index (χ0n) is 11.8. The van der Waals surface area contributed by atoms with E-state index in [-0.39, 0.29) is 17.5 Å². The van der Waals surface area contributed by atoms with Crippen LogP contribution in [0.15, 0.2) is 48.7 Å². The number of amides is 1. The molecule has 0 saturated heterocycles. The molecule has 1 amide bonds. The normalized spacial score (nSPS) is 10.8. The van der Waals surface area contributed by atoms with Crippen molar-refractivity contribution in [3.05, 3.63) is 65.6 Å². The standard InChI is InChI=1S/C17H15FN2O2/c18-13-3-1-11(2-4-13)17(22)19-8-7-12-10-20-16-9-14(21)5-6-15(12)16/h1-6,9-10,20-21H,7-8H2,(H,19,22). The van der Waals surface area contributed by atoms with Gasteiger partial charge >= 0.3 is 0 Å². The van der Waals surface area contributed by atoms with Crippen LogP contribution in [0.1, 0.15) is 15.9 Å². The van der Waals surface area contributed by atoms with Gasteiger partial charge in [-0.25, -0.2) is 4.39 Å². The van der Waals surface area contributed by atoms with Crippen molar-refractivity contribution in [3.63, 3.8) is 0 Å². The molecule has 3 rings (SSSR count). The number of hydrogen-bond donors (Lipinski definition) is 3. The van der Waals surface area contributed by atoms with Crippen LogP contribution in [0.25, 0.3) is 10.9 Å². The second-order valence-electron chi connectivity index (χ2n) is 5.06. The third-order valence-electron chi connectivity index (χ3n) is 3.54. The zero-order valence-corrected chi connectivity index (χ0v) is 11.8. The van der Waals surface area contributed by atoms with E-state index in [0.717, 1.165) is 16.5 Å². The monoisotopic (exact) mass is 298 g/mol. The average molecular weight is 298 g/mol. The smallest absolute Gasteiger partial charge is 0.251 e. The molecule has 0 saturated carbocycles. The second-order valence-corrected chi connectivity index (χ2v) is 5.06. The summed E-state index contributed by atoms with van der Waals surface area (Å²) in [5, 5.41) is 13.3. The van der Waals surface area contributed by atoms with Crippen molar-refractivity contribution in [2.75, 3.05) is 6.54 Å². The van der Waals surface area contributed by atoms with Gasteiger partial charge in [-0.15, -0.1) is 0 Å². The number of benzene rings is 2. The molecule has 0 radical (unpaired) electrons. The van der Waals surface area contributed by atoms with Crippen LogP contribution in [0.4, 0.5) is 4.39 Å². The number of H-pyrrole nitrogens is 1. The fraction of sp³-hybridized carbons (Fsp3) is 0.118. The van der Waals surface area contributed by atoms with Crippen LogP contribution < -0.4 is 5.32 Å². The van der Waals surface area contributed by atoms with E-state index in [0.29, 0.717) is 18.5 Å². The lowest BCUT2D eigenvalue weighted by Crippen LogP contribution is -2.25. The van der Waals surface area contributed by atoms with Gasteiger partial charge in [-0.3, -0.25) is 4.79 Å². The SMILES string of the molecule is O=C(NCCc1c[nH]c2cc(O)ccc12)c1ccc(F)cc1. The summed E-state index contributed by atoms with van der Waals surface area (Å²) in [6.45, 7) is 0.476. The summed E-state index contributed by atoms with van der Waals surface area (Å²) in [6, 6.07) is 10.6. The number of carbonyl (C=O) groups excluding carboxylic acids is 1. The van der Waals surface area contributed by atoms with Gasteiger partial charge in [-0.2, -0.15) is 0 Å². The molecule has 0 fully saturated rings. The molecule has 22 heavy (non-hydrogen) atoms. The Morgan fingerprint density at radius 2 is 1.95 bits per heavy atom. The van der Waals surface area contributed by atoms with Crippen LogP contribution in [0, 0.1) is 5.82 Å². The molecule has 3 N–H and O–H groups in total. The Morgan fingerprint density at radius 1 is 1.18 bits per heavy atom. The van der Waals surface area contributed by atoms with Crippen molar-refractivity contribution >= 4 is 16.8 Å². The topological polar surface area (TPSA) is 65.1 Å². The molecular formula is C17H15FN2O2. The van der Waals surface area contributed by atoms with Crippen molar-refractivity contribution < 1.29 is 14.3 Å². The lowest BCUT2D eigenvalue weighted by atomic mass is 10.1. The molecule has 5 heteroatoms. The lowest BCUT2D eigenvalue weighted by molar-refractivity contribution is 0.0954. The number of phenolic OH excluding ortho intramolecular Hbond substituents is 1. The van der Waals surface area contributed by atoms with E-state index < -0.39 is 0 Å². The van der Waals surface area contributed by atoms with Crippen molar-refractivity contribution in [1.82, 2.24) is 10.3 Å². The Bertz CT molecular complexity index is 809. The van der Waals surface area contributed by atoms with Gasteiger partial charge in [0.2, 0.25) is 0 Å². The van der Waals surface area contributed by atoms with Gasteiger partial charge in [0.1, 0.15) is 11.6 Å². The molecule has 112 valence electrons. The van der Waals surface area contributed by atoms with Crippen LogP contribution >= 0.6 is 0 Å². The summed E-state index contributed by atoms with van der Waals surface area (Å²) < 4.78 is 12.8. The first kappa shape index (κ1) is 14.1. The molecule has 1 heterocycles. The van der Waals surface area contributed by atoms with Gasteiger partial charge in [-0.05, 0) is 48.4 Å². The van der Waals surface area contributed by atoms with Crippen LogP contribution in [-0.4, -0.2) is 22.5 Å². The third-order valence-corrected chi connectivity index (χ3v) is 3.54. The van der Waals surface area contributed by atoms with E-state index in [1.54, 1.807) is 12.1 Å². The number of nitrogens with one attached hydrogen (secondary N) is 2. The van der Waals surface area contributed by atoms with Crippen LogP contribution in [0.3, 0.4) is 0 Å². The summed E-state index contributed by atoms with van der Waals surface area (Å²) in [7, 11) is 0. The van der Waals surface area contributed by atoms with E-state index in [2.05, 4.69) is 10.3 Å². The van der Waals surface area contributed by atoms with E-state index in [1.165, 1.54) is 24.3 Å². The highest BCUT2D eigenvalue weighted by molar-refractivity contribution is 5.94. The molecule has 2 aromatic carbocycles. The molecule has 0 aliphatic heterocycles. The number of rotatable bonds is 4. The number of carbonyl (C=O) groups is 1. The van der Waals surface area contributed by atoms with Crippen molar-refractivity contribution in [2.24, 2.45) is 0 Å². The highest BCUT2D eigenvalue weighted by Gasteiger charge is 2.07. The van der Waals surface area contributed by atoms with E-state index in [1.807, 2.05) is 12.3 Å². The van der Waals surface area contributed by atoms with Crippen molar-refractivity contribution in [3.8, 4) is 5.75 Å². The Balaban J connectivity index is 1.62. The molecule has 4 nitrogen and oxygen atoms in total. The quantitative estimate of drug-likeness (QED) is 0.693. The van der Waals surface area contributed by atoms with Gasteiger partial charge in [-0.1, -0.05) is 0 Å². The summed E-state index contributed by atoms with van der Waals surface area (Å²) in [5.41, 5.74) is 2.36. The predicted molar refractivity (Wildman–Crippen MR) is 82.4 cm³/mol. The molecular weight excluding hydrogens is 283 g/mol. The Kier molecular flexibility index (Phi) is 3.78. The Morgan fingerprint density at radius 3 is 2.73 bits per heavy atom. The number of phenols is 1. The summed E-state index contributed by atoms with van der Waals surface area (Å²) in [6.07, 6.45) is 2.53. The first-order chi connectivity index (χ1) is 10.6. The molecule has 0 spiro atoms. The number of hydrogen-bond acceptors (Lipinski definition) is 2. The number of aromatic nitrogens is 1. The Labute approximate surface area is 126 Å². The average Bonchev–Trinajstić information content (AvgIpc) is 2.90. The number of fused-ring (bicyclic) bond motifs is 1. The van der Waals surface area contributed by atoms with Crippen molar-refractivity contribution in [2.45, 2.75) is 6.42 Å². The maximum Gasteiger partial charge on any atom is 0.251 e. The zero-order chi connectivity index (χ0) is 15.5. The first-order valence-corrected chi connectivity index (χ1v) is 6.96. The molecule has 0 unspecified atom stereocenters. The summed E-state index contributed by atoms with van der Waals surface area (Å²) in [4.78, 5) is 15.0. The van der Waals surface area contributed by atoms with Crippen LogP contribution in [-0.2, 0) is 6.42 Å². The number of halogens is 1. The fourth-order valence-corrected chi connectivity index (χ4v) is 2.40. The van der Waals surface area contributed by atoms with Crippen molar-refractivity contribution in [1.29, 1.82) is 0 Å². The lowest BCUT2D eigenvalue weighted by Gasteiger charge is -2.05. The summed E-state index contributed by atoms with van der Waals surface area (Å²) >= 11 is 0. The summed E-state index contributed by atoms with van der Waals surface area (Å²) in [5.74, 6) is -0.374. The van der Waals surface area contributed by atoms with Gasteiger partial charge in [0.25, 0.3) is 5.91 Å². The maximum absolute atomic E-state index is 12.8. The molecule has 1 aromatic heterocycles. The van der Waals surface area contributed by atoms with E-state index in [4.69, 9.17) is 0 Å². The van der Waals surface area contributed by atoms with Crippen LogP contribution in [0.2, 0.25) is 0 Å². The van der Waals surface area contributed by atoms with Gasteiger partial charge in [0.15, 0.2) is 0 Å². The fourth-order valence-electron chi connectivity index (χ4n) is 2.40. The minimum absolute atomic E-state index is 0.213. The largest absolute Gasteiger partial charge is 0.508 e. The second kappa shape index (κ2) is 5.89. The van der Waals surface area contributed by atoms with E-state index >= 15 is 0 Å². The minimum atomic E-state index is -0.362. The molecule has 3 aromatic rings. The highest BCUT2D eigenvalue weighted by atomic mass is 19.1. The number of aromatic hydroxyl groups is 1. The highest BCUT2D eigenvalue weighted by Crippen LogP contribution is 2.22. The number of aromatic amines is 1. The van der Waals surface area contributed by atoms with Gasteiger partial charge < -0.3 is 15.4 Å². The first-order valence-electron chi connectivity index (χ1n) is 6.96. The molecule has 0 aliphatic carbocycles. The molecule has 0 aliphatic rings. The minimum Gasteiger partial charge on any atom is -0.508 e. The van der Waals surface area contributed by atoms with Gasteiger partial charge in [0, 0.05) is 35.3 Å².